The molecule has 0 bridgehead atoms. The zero-order valence-electron chi connectivity index (χ0n) is 11.0. The SMILES string of the molecule is OC1(CNC2CCCc3ccc(F)cc32)CCSC1. The molecule has 2 nitrogen and oxygen atoms in total. The van der Waals surface area contributed by atoms with Gasteiger partial charge in [0.05, 0.1) is 5.60 Å². The van der Waals surface area contributed by atoms with Crippen LogP contribution >= 0.6 is 11.8 Å². The number of fused-ring (bicyclic) bond motifs is 1. The minimum atomic E-state index is -0.574. The van der Waals surface area contributed by atoms with Crippen LogP contribution in [0.4, 0.5) is 4.39 Å². The predicted molar refractivity (Wildman–Crippen MR) is 77.0 cm³/mol. The van der Waals surface area contributed by atoms with Crippen LogP contribution in [0.25, 0.3) is 0 Å². The molecule has 2 aliphatic rings. The minimum absolute atomic E-state index is 0.164. The summed E-state index contributed by atoms with van der Waals surface area (Å²) < 4.78 is 13.4. The average Bonchev–Trinajstić information content (AvgIpc) is 2.84. The Labute approximate surface area is 117 Å². The molecule has 0 saturated carbocycles. The van der Waals surface area contributed by atoms with Crippen LogP contribution in [0.3, 0.4) is 0 Å². The molecule has 2 atom stereocenters. The molecular weight excluding hydrogens is 261 g/mol. The highest BCUT2D eigenvalue weighted by Gasteiger charge is 2.32. The van der Waals surface area contributed by atoms with E-state index in [-0.39, 0.29) is 11.9 Å². The van der Waals surface area contributed by atoms with Crippen molar-refractivity contribution >= 4 is 11.8 Å². The quantitative estimate of drug-likeness (QED) is 0.893. The Morgan fingerprint density at radius 3 is 3.16 bits per heavy atom. The molecule has 1 fully saturated rings. The van der Waals surface area contributed by atoms with Crippen molar-refractivity contribution in [2.45, 2.75) is 37.3 Å². The third kappa shape index (κ3) is 2.96. The van der Waals surface area contributed by atoms with Gasteiger partial charge in [0.25, 0.3) is 0 Å². The van der Waals surface area contributed by atoms with Crippen LogP contribution < -0.4 is 5.32 Å². The van der Waals surface area contributed by atoms with E-state index in [1.165, 1.54) is 5.56 Å². The fourth-order valence-electron chi connectivity index (χ4n) is 3.03. The van der Waals surface area contributed by atoms with E-state index in [0.717, 1.165) is 42.8 Å². The van der Waals surface area contributed by atoms with Gasteiger partial charge < -0.3 is 10.4 Å². The third-order valence-corrected chi connectivity index (χ3v) is 5.42. The normalized spacial score (nSPS) is 30.3. The molecule has 1 aromatic rings. The second kappa shape index (κ2) is 5.43. The number of aryl methyl sites for hydroxylation is 1. The number of hydrogen-bond donors (Lipinski definition) is 2. The average molecular weight is 281 g/mol. The zero-order chi connectivity index (χ0) is 13.3. The van der Waals surface area contributed by atoms with Crippen molar-refractivity contribution in [2.24, 2.45) is 0 Å². The van der Waals surface area contributed by atoms with Gasteiger partial charge in [-0.1, -0.05) is 6.07 Å². The van der Waals surface area contributed by atoms with Crippen LogP contribution in [0.1, 0.15) is 36.4 Å². The lowest BCUT2D eigenvalue weighted by molar-refractivity contribution is 0.0638. The summed E-state index contributed by atoms with van der Waals surface area (Å²) >= 11 is 1.81. The monoisotopic (exact) mass is 281 g/mol. The van der Waals surface area contributed by atoms with Crippen molar-refractivity contribution < 1.29 is 9.50 Å². The fourth-order valence-corrected chi connectivity index (χ4v) is 4.33. The molecule has 1 aliphatic heterocycles. The highest BCUT2D eigenvalue weighted by atomic mass is 32.2. The summed E-state index contributed by atoms with van der Waals surface area (Å²) in [6, 6.07) is 5.29. The molecule has 1 aromatic carbocycles. The number of benzene rings is 1. The summed E-state index contributed by atoms with van der Waals surface area (Å²) in [6.07, 6.45) is 4.05. The standard InChI is InChI=1S/C15H20FNOS/c16-12-5-4-11-2-1-3-14(13(11)8-12)17-9-15(18)6-7-19-10-15/h4-5,8,14,17-18H,1-3,6-7,9-10H2. The summed E-state index contributed by atoms with van der Waals surface area (Å²) in [5, 5.41) is 13.8. The first-order valence-corrected chi connectivity index (χ1v) is 8.14. The van der Waals surface area contributed by atoms with Gasteiger partial charge in [-0.15, -0.1) is 0 Å². The van der Waals surface area contributed by atoms with E-state index < -0.39 is 5.60 Å². The molecule has 0 aromatic heterocycles. The van der Waals surface area contributed by atoms with Crippen LogP contribution in [-0.4, -0.2) is 28.8 Å². The number of hydrogen-bond acceptors (Lipinski definition) is 3. The van der Waals surface area contributed by atoms with E-state index in [9.17, 15) is 9.50 Å². The second-order valence-corrected chi connectivity index (χ2v) is 6.80. The molecule has 104 valence electrons. The number of nitrogens with one attached hydrogen (secondary N) is 1. The Morgan fingerprint density at radius 2 is 2.37 bits per heavy atom. The lowest BCUT2D eigenvalue weighted by Crippen LogP contribution is -2.42. The molecule has 2 unspecified atom stereocenters. The van der Waals surface area contributed by atoms with E-state index in [1.807, 2.05) is 6.07 Å². The minimum Gasteiger partial charge on any atom is -0.388 e. The van der Waals surface area contributed by atoms with Gasteiger partial charge in [-0.05, 0) is 54.7 Å². The number of thioether (sulfide) groups is 1. The lowest BCUT2D eigenvalue weighted by atomic mass is 9.87. The molecule has 19 heavy (non-hydrogen) atoms. The van der Waals surface area contributed by atoms with Gasteiger partial charge in [-0.2, -0.15) is 11.8 Å². The van der Waals surface area contributed by atoms with Crippen LogP contribution in [0.5, 0.6) is 0 Å². The molecule has 0 radical (unpaired) electrons. The number of aliphatic hydroxyl groups is 1. The fraction of sp³-hybridized carbons (Fsp3) is 0.600. The summed E-state index contributed by atoms with van der Waals surface area (Å²) in [7, 11) is 0. The van der Waals surface area contributed by atoms with Gasteiger partial charge in [0.1, 0.15) is 5.82 Å². The number of halogens is 1. The maximum Gasteiger partial charge on any atom is 0.123 e. The Hall–Kier alpha value is -0.580. The molecule has 4 heteroatoms. The zero-order valence-corrected chi connectivity index (χ0v) is 11.8. The van der Waals surface area contributed by atoms with Gasteiger partial charge in [0.15, 0.2) is 0 Å². The van der Waals surface area contributed by atoms with Crippen LogP contribution in [0.15, 0.2) is 18.2 Å². The van der Waals surface area contributed by atoms with E-state index in [0.29, 0.717) is 6.54 Å². The Bertz CT molecular complexity index is 459. The predicted octanol–water partition coefficient (Wildman–Crippen LogP) is 2.66. The first-order chi connectivity index (χ1) is 9.16. The Kier molecular flexibility index (Phi) is 3.83. The molecule has 1 heterocycles. The Balaban J connectivity index is 1.71. The maximum absolute atomic E-state index is 13.4. The van der Waals surface area contributed by atoms with Crippen LogP contribution in [-0.2, 0) is 6.42 Å². The van der Waals surface area contributed by atoms with Gasteiger partial charge in [0.2, 0.25) is 0 Å². The second-order valence-electron chi connectivity index (χ2n) is 5.70. The third-order valence-electron chi connectivity index (χ3n) is 4.18. The molecule has 1 saturated heterocycles. The summed E-state index contributed by atoms with van der Waals surface area (Å²) in [4.78, 5) is 0. The number of rotatable bonds is 3. The van der Waals surface area contributed by atoms with Gasteiger partial charge in [-0.3, -0.25) is 0 Å². The molecular formula is C15H20FNOS. The van der Waals surface area contributed by atoms with Gasteiger partial charge in [0, 0.05) is 18.3 Å². The van der Waals surface area contributed by atoms with Crippen molar-refractivity contribution in [3.05, 3.63) is 35.1 Å². The first-order valence-electron chi connectivity index (χ1n) is 6.98. The van der Waals surface area contributed by atoms with Crippen LogP contribution in [0.2, 0.25) is 0 Å². The topological polar surface area (TPSA) is 32.3 Å². The van der Waals surface area contributed by atoms with Crippen LogP contribution in [0, 0.1) is 5.82 Å². The van der Waals surface area contributed by atoms with Crippen molar-refractivity contribution in [3.8, 4) is 0 Å². The molecule has 2 N–H and O–H groups in total. The van der Waals surface area contributed by atoms with E-state index in [1.54, 1.807) is 23.9 Å². The maximum atomic E-state index is 13.4. The van der Waals surface area contributed by atoms with Crippen molar-refractivity contribution in [1.29, 1.82) is 0 Å². The van der Waals surface area contributed by atoms with Gasteiger partial charge in [-0.25, -0.2) is 4.39 Å². The summed E-state index contributed by atoms with van der Waals surface area (Å²) in [5.74, 6) is 1.68. The van der Waals surface area contributed by atoms with Crippen molar-refractivity contribution in [3.63, 3.8) is 0 Å². The summed E-state index contributed by atoms with van der Waals surface area (Å²) in [6.45, 7) is 0.612. The molecule has 0 spiro atoms. The molecule has 0 amide bonds. The highest BCUT2D eigenvalue weighted by molar-refractivity contribution is 7.99. The molecule has 3 rings (SSSR count). The summed E-state index contributed by atoms with van der Waals surface area (Å²) in [5.41, 5.74) is 1.76. The Morgan fingerprint density at radius 1 is 1.47 bits per heavy atom. The lowest BCUT2D eigenvalue weighted by Gasteiger charge is -2.30. The smallest absolute Gasteiger partial charge is 0.123 e. The van der Waals surface area contributed by atoms with Crippen molar-refractivity contribution in [2.75, 3.05) is 18.1 Å². The van der Waals surface area contributed by atoms with Gasteiger partial charge >= 0.3 is 0 Å². The molecule has 1 aliphatic carbocycles. The first kappa shape index (κ1) is 13.4. The van der Waals surface area contributed by atoms with E-state index in [4.69, 9.17) is 0 Å². The van der Waals surface area contributed by atoms with Crippen molar-refractivity contribution in [1.82, 2.24) is 5.32 Å². The highest BCUT2D eigenvalue weighted by Crippen LogP contribution is 2.32. The largest absolute Gasteiger partial charge is 0.388 e. The van der Waals surface area contributed by atoms with E-state index >= 15 is 0 Å². The van der Waals surface area contributed by atoms with E-state index in [2.05, 4.69) is 5.32 Å².